The molecule has 2 unspecified atom stereocenters. The number of rotatable bonds is 9. The molecule has 0 aromatic carbocycles. The van der Waals surface area contributed by atoms with Crippen LogP contribution < -0.4 is 11.1 Å². The van der Waals surface area contributed by atoms with Gasteiger partial charge in [0.2, 0.25) is 5.91 Å². The molecule has 0 heterocycles. The average molecular weight is 257 g/mol. The minimum Gasteiger partial charge on any atom is -0.368 e. The number of amides is 1. The minimum atomic E-state index is -0.613. The molecule has 0 radical (unpaired) electrons. The summed E-state index contributed by atoms with van der Waals surface area (Å²) in [7, 11) is 0. The molecule has 108 valence electrons. The summed E-state index contributed by atoms with van der Waals surface area (Å²) in [6, 6.07) is 0.810. The maximum atomic E-state index is 11.7. The highest BCUT2D eigenvalue weighted by atomic mass is 16.1. The second-order valence-electron chi connectivity index (χ2n) is 5.60. The lowest BCUT2D eigenvalue weighted by Gasteiger charge is -2.37. The Balaban J connectivity index is 4.71. The molecule has 0 saturated carbocycles. The van der Waals surface area contributed by atoms with Gasteiger partial charge in [-0.3, -0.25) is 9.69 Å². The van der Waals surface area contributed by atoms with Gasteiger partial charge in [0.05, 0.1) is 5.54 Å². The second kappa shape index (κ2) is 7.74. The Morgan fingerprint density at radius 2 is 1.89 bits per heavy atom. The molecular formula is C14H31N3O. The van der Waals surface area contributed by atoms with Gasteiger partial charge in [-0.25, -0.2) is 0 Å². The first kappa shape index (κ1) is 17.4. The van der Waals surface area contributed by atoms with Crippen molar-refractivity contribution in [3.63, 3.8) is 0 Å². The topological polar surface area (TPSA) is 58.4 Å². The van der Waals surface area contributed by atoms with Gasteiger partial charge in [-0.05, 0) is 53.6 Å². The van der Waals surface area contributed by atoms with Crippen LogP contribution in [0, 0.1) is 0 Å². The van der Waals surface area contributed by atoms with Gasteiger partial charge < -0.3 is 11.1 Å². The first-order chi connectivity index (χ1) is 8.28. The molecule has 0 aliphatic rings. The quantitative estimate of drug-likeness (QED) is 0.661. The van der Waals surface area contributed by atoms with Gasteiger partial charge in [0, 0.05) is 12.1 Å². The van der Waals surface area contributed by atoms with Crippen molar-refractivity contribution in [2.75, 3.05) is 13.1 Å². The van der Waals surface area contributed by atoms with E-state index in [1.54, 1.807) is 0 Å². The fourth-order valence-corrected chi connectivity index (χ4v) is 2.55. The Morgan fingerprint density at radius 1 is 1.33 bits per heavy atom. The zero-order valence-corrected chi connectivity index (χ0v) is 12.9. The number of hydrogen-bond acceptors (Lipinski definition) is 3. The van der Waals surface area contributed by atoms with Gasteiger partial charge in [0.1, 0.15) is 0 Å². The summed E-state index contributed by atoms with van der Waals surface area (Å²) in [4.78, 5) is 14.1. The average Bonchev–Trinajstić information content (AvgIpc) is 2.26. The number of nitrogens with one attached hydrogen (secondary N) is 1. The molecule has 0 aromatic rings. The molecule has 0 aliphatic carbocycles. The SMILES string of the molecule is CCCNC(C)(CC(C)N(CC)C(C)C)C(N)=O. The van der Waals surface area contributed by atoms with Gasteiger partial charge in [-0.2, -0.15) is 0 Å². The monoisotopic (exact) mass is 257 g/mol. The highest BCUT2D eigenvalue weighted by molar-refractivity contribution is 5.84. The van der Waals surface area contributed by atoms with Crippen LogP contribution in [0.3, 0.4) is 0 Å². The number of nitrogens with zero attached hydrogens (tertiary/aromatic N) is 1. The normalized spacial score (nSPS) is 16.9. The van der Waals surface area contributed by atoms with Crippen molar-refractivity contribution in [3.8, 4) is 0 Å². The number of hydrogen-bond donors (Lipinski definition) is 2. The van der Waals surface area contributed by atoms with Crippen molar-refractivity contribution >= 4 is 5.91 Å². The van der Waals surface area contributed by atoms with Crippen LogP contribution in [0.15, 0.2) is 0 Å². The van der Waals surface area contributed by atoms with Crippen molar-refractivity contribution in [1.29, 1.82) is 0 Å². The van der Waals surface area contributed by atoms with Gasteiger partial charge in [0.25, 0.3) is 0 Å². The molecule has 1 amide bonds. The van der Waals surface area contributed by atoms with E-state index in [0.29, 0.717) is 12.1 Å². The van der Waals surface area contributed by atoms with Gasteiger partial charge >= 0.3 is 0 Å². The van der Waals surface area contributed by atoms with Crippen molar-refractivity contribution in [1.82, 2.24) is 10.2 Å². The molecule has 3 N–H and O–H groups in total. The smallest absolute Gasteiger partial charge is 0.237 e. The third-order valence-electron chi connectivity index (χ3n) is 3.61. The van der Waals surface area contributed by atoms with Crippen molar-refractivity contribution in [3.05, 3.63) is 0 Å². The minimum absolute atomic E-state index is 0.261. The van der Waals surface area contributed by atoms with E-state index in [0.717, 1.165) is 25.9 Å². The largest absolute Gasteiger partial charge is 0.368 e. The summed E-state index contributed by atoms with van der Waals surface area (Å²) in [6.07, 6.45) is 1.74. The predicted octanol–water partition coefficient (Wildman–Crippen LogP) is 1.74. The molecule has 18 heavy (non-hydrogen) atoms. The second-order valence-corrected chi connectivity index (χ2v) is 5.60. The van der Waals surface area contributed by atoms with Gasteiger partial charge in [0.15, 0.2) is 0 Å². The fourth-order valence-electron chi connectivity index (χ4n) is 2.55. The van der Waals surface area contributed by atoms with E-state index in [1.165, 1.54) is 0 Å². The van der Waals surface area contributed by atoms with E-state index < -0.39 is 5.54 Å². The summed E-state index contributed by atoms with van der Waals surface area (Å²) < 4.78 is 0. The molecule has 0 aliphatic heterocycles. The predicted molar refractivity (Wildman–Crippen MR) is 77.5 cm³/mol. The lowest BCUT2D eigenvalue weighted by atomic mass is 9.91. The molecule has 0 spiro atoms. The van der Waals surface area contributed by atoms with Gasteiger partial charge in [-0.1, -0.05) is 13.8 Å². The van der Waals surface area contributed by atoms with Crippen LogP contribution in [0.25, 0.3) is 0 Å². The van der Waals surface area contributed by atoms with Crippen LogP contribution in [0.2, 0.25) is 0 Å². The van der Waals surface area contributed by atoms with E-state index >= 15 is 0 Å². The molecule has 0 bridgehead atoms. The summed E-state index contributed by atoms with van der Waals surface area (Å²) in [6.45, 7) is 14.5. The zero-order valence-electron chi connectivity index (χ0n) is 12.9. The lowest BCUT2D eigenvalue weighted by molar-refractivity contribution is -0.124. The number of nitrogens with two attached hydrogens (primary N) is 1. The highest BCUT2D eigenvalue weighted by Crippen LogP contribution is 2.18. The zero-order chi connectivity index (χ0) is 14.3. The molecular weight excluding hydrogens is 226 g/mol. The Hall–Kier alpha value is -0.610. The Kier molecular flexibility index (Phi) is 7.48. The van der Waals surface area contributed by atoms with E-state index in [9.17, 15) is 4.79 Å². The van der Waals surface area contributed by atoms with Crippen LogP contribution in [0.5, 0.6) is 0 Å². The Bertz CT molecular complexity index is 255. The van der Waals surface area contributed by atoms with Crippen molar-refractivity contribution in [2.45, 2.75) is 72.0 Å². The van der Waals surface area contributed by atoms with E-state index in [1.807, 2.05) is 6.92 Å². The first-order valence-corrected chi connectivity index (χ1v) is 7.09. The third-order valence-corrected chi connectivity index (χ3v) is 3.61. The molecule has 4 heteroatoms. The summed E-state index contributed by atoms with van der Waals surface area (Å²) in [5.41, 5.74) is 4.94. The Morgan fingerprint density at radius 3 is 2.22 bits per heavy atom. The third kappa shape index (κ3) is 4.94. The van der Waals surface area contributed by atoms with E-state index in [2.05, 4.69) is 44.8 Å². The lowest BCUT2D eigenvalue weighted by Crippen LogP contribution is -2.57. The highest BCUT2D eigenvalue weighted by Gasteiger charge is 2.33. The fraction of sp³-hybridized carbons (Fsp3) is 0.929. The Labute approximate surface area is 112 Å². The van der Waals surface area contributed by atoms with Crippen LogP contribution in [0.1, 0.15) is 54.4 Å². The molecule has 4 nitrogen and oxygen atoms in total. The van der Waals surface area contributed by atoms with E-state index in [-0.39, 0.29) is 5.91 Å². The number of carbonyl (C=O) groups excluding carboxylic acids is 1. The van der Waals surface area contributed by atoms with Crippen molar-refractivity contribution < 1.29 is 4.79 Å². The standard InChI is InChI=1S/C14H31N3O/c1-7-9-16-14(6,13(15)18)10-12(5)17(8-2)11(3)4/h11-12,16H,7-10H2,1-6H3,(H2,15,18). The van der Waals surface area contributed by atoms with Crippen molar-refractivity contribution in [2.24, 2.45) is 5.73 Å². The first-order valence-electron chi connectivity index (χ1n) is 7.09. The van der Waals surface area contributed by atoms with Crippen LogP contribution in [-0.4, -0.2) is 41.5 Å². The summed E-state index contributed by atoms with van der Waals surface area (Å²) in [5, 5.41) is 3.29. The number of primary amides is 1. The molecule has 2 atom stereocenters. The molecule has 0 aromatic heterocycles. The summed E-state index contributed by atoms with van der Waals surface area (Å²) >= 11 is 0. The van der Waals surface area contributed by atoms with Crippen LogP contribution >= 0.6 is 0 Å². The van der Waals surface area contributed by atoms with E-state index in [4.69, 9.17) is 5.73 Å². The summed E-state index contributed by atoms with van der Waals surface area (Å²) in [5.74, 6) is -0.261. The maximum Gasteiger partial charge on any atom is 0.237 e. The molecule has 0 saturated heterocycles. The molecule has 0 rings (SSSR count). The van der Waals surface area contributed by atoms with Crippen LogP contribution in [0.4, 0.5) is 0 Å². The maximum absolute atomic E-state index is 11.7. The number of carbonyl (C=O) groups is 1. The van der Waals surface area contributed by atoms with Gasteiger partial charge in [-0.15, -0.1) is 0 Å². The molecule has 0 fully saturated rings. The van der Waals surface area contributed by atoms with Crippen LogP contribution in [-0.2, 0) is 4.79 Å².